The van der Waals surface area contributed by atoms with Gasteiger partial charge in [-0.05, 0) is 111 Å². The molecule has 0 radical (unpaired) electrons. The summed E-state index contributed by atoms with van der Waals surface area (Å²) in [6.07, 6.45) is 0. The van der Waals surface area contributed by atoms with Crippen molar-refractivity contribution in [2.75, 3.05) is 0 Å². The molecule has 10 aromatic rings. The largest absolute Gasteiger partial charge is 0.309 e. The van der Waals surface area contributed by atoms with Gasteiger partial charge in [-0.3, -0.25) is 0 Å². The molecule has 0 saturated heterocycles. The lowest BCUT2D eigenvalue weighted by Gasteiger charge is -2.22. The molecule has 0 unspecified atom stereocenters. The molecular weight excluding hydrogens is 657 g/mol. The average Bonchev–Trinajstić information content (AvgIpc) is 3.98. The van der Waals surface area contributed by atoms with Crippen LogP contribution < -0.4 is 0 Å². The minimum atomic E-state index is -0.124. The van der Waals surface area contributed by atoms with E-state index in [4.69, 9.17) is 0 Å². The number of fused-ring (bicyclic) bond motifs is 9. The number of para-hydroxylation sites is 3. The van der Waals surface area contributed by atoms with Gasteiger partial charge in [0.2, 0.25) is 0 Å². The van der Waals surface area contributed by atoms with Crippen LogP contribution in [0.3, 0.4) is 0 Å². The van der Waals surface area contributed by atoms with Gasteiger partial charge in [-0.2, -0.15) is 0 Å². The third kappa shape index (κ3) is 4.15. The number of aromatic nitrogens is 2. The molecule has 0 saturated carbocycles. The number of benzene rings is 6. The zero-order valence-electron chi connectivity index (χ0n) is 28.2. The van der Waals surface area contributed by atoms with Crippen molar-refractivity contribution < 1.29 is 0 Å². The smallest absolute Gasteiger partial charge is 0.0711 e. The second-order valence-electron chi connectivity index (χ2n) is 14.2. The van der Waals surface area contributed by atoms with Crippen molar-refractivity contribution in [2.24, 2.45) is 0 Å². The van der Waals surface area contributed by atoms with Crippen LogP contribution >= 0.6 is 22.7 Å². The summed E-state index contributed by atoms with van der Waals surface area (Å²) in [7, 11) is 0. The summed E-state index contributed by atoms with van der Waals surface area (Å²) < 4.78 is 7.55. The number of rotatable bonds is 4. The van der Waals surface area contributed by atoms with Gasteiger partial charge >= 0.3 is 0 Å². The summed E-state index contributed by atoms with van der Waals surface area (Å²) in [5.41, 5.74) is 16.6. The topological polar surface area (TPSA) is 9.86 Å². The zero-order chi connectivity index (χ0) is 33.8. The van der Waals surface area contributed by atoms with Crippen molar-refractivity contribution in [3.63, 3.8) is 0 Å². The first-order valence-electron chi connectivity index (χ1n) is 17.5. The Hall–Kier alpha value is -5.68. The van der Waals surface area contributed by atoms with Crippen LogP contribution in [0.4, 0.5) is 0 Å². The van der Waals surface area contributed by atoms with E-state index in [0.717, 1.165) is 0 Å². The van der Waals surface area contributed by atoms with Gasteiger partial charge in [-0.1, -0.05) is 98.8 Å². The SMILES string of the molecule is CC1(C)c2cc(-c3ccc4c(c3)c3ccccc3n4-c3ccccc3)ccc2-c2ccc(-c3cc4c(s3)c3sccc3n4-c3ccccc3)cc21. The van der Waals surface area contributed by atoms with Gasteiger partial charge in [0.25, 0.3) is 0 Å². The lowest BCUT2D eigenvalue weighted by Crippen LogP contribution is -2.15. The van der Waals surface area contributed by atoms with E-state index in [2.05, 4.69) is 180 Å². The third-order valence-corrected chi connectivity index (χ3v) is 13.3. The van der Waals surface area contributed by atoms with Crippen LogP contribution in [0.1, 0.15) is 25.0 Å². The van der Waals surface area contributed by atoms with Gasteiger partial charge in [0.1, 0.15) is 0 Å². The molecule has 242 valence electrons. The molecule has 11 rings (SSSR count). The number of nitrogens with zero attached hydrogens (tertiary/aromatic N) is 2. The second-order valence-corrected chi connectivity index (χ2v) is 16.2. The first kappa shape index (κ1) is 29.1. The van der Waals surface area contributed by atoms with E-state index in [1.165, 1.54) is 97.4 Å². The van der Waals surface area contributed by atoms with Crippen LogP contribution in [0.5, 0.6) is 0 Å². The molecule has 0 fully saturated rings. The maximum absolute atomic E-state index is 2.46. The monoisotopic (exact) mass is 688 g/mol. The van der Waals surface area contributed by atoms with Crippen molar-refractivity contribution in [1.82, 2.24) is 9.13 Å². The Morgan fingerprint density at radius 1 is 0.451 bits per heavy atom. The Labute approximate surface area is 304 Å². The van der Waals surface area contributed by atoms with Crippen LogP contribution in [-0.4, -0.2) is 9.13 Å². The van der Waals surface area contributed by atoms with Crippen molar-refractivity contribution in [3.8, 4) is 44.1 Å². The van der Waals surface area contributed by atoms with Crippen molar-refractivity contribution in [1.29, 1.82) is 0 Å². The number of thiophene rings is 2. The highest BCUT2D eigenvalue weighted by atomic mass is 32.1. The molecule has 1 aliphatic rings. The first-order valence-corrected chi connectivity index (χ1v) is 19.2. The molecule has 0 bridgehead atoms. The van der Waals surface area contributed by atoms with Crippen LogP contribution in [-0.2, 0) is 5.41 Å². The van der Waals surface area contributed by atoms with Crippen LogP contribution in [0.25, 0.3) is 86.3 Å². The summed E-state index contributed by atoms with van der Waals surface area (Å²) in [5.74, 6) is 0. The van der Waals surface area contributed by atoms with E-state index in [9.17, 15) is 0 Å². The molecule has 0 amide bonds. The van der Waals surface area contributed by atoms with E-state index in [-0.39, 0.29) is 5.41 Å². The Morgan fingerprint density at radius 2 is 1.04 bits per heavy atom. The Morgan fingerprint density at radius 3 is 1.78 bits per heavy atom. The fourth-order valence-electron chi connectivity index (χ4n) is 8.56. The molecule has 51 heavy (non-hydrogen) atoms. The molecule has 0 aliphatic heterocycles. The van der Waals surface area contributed by atoms with Crippen LogP contribution in [0.15, 0.2) is 157 Å². The second kappa shape index (κ2) is 10.7. The van der Waals surface area contributed by atoms with E-state index >= 15 is 0 Å². The van der Waals surface area contributed by atoms with Crippen LogP contribution in [0, 0.1) is 0 Å². The summed E-state index contributed by atoms with van der Waals surface area (Å²) in [6.45, 7) is 4.79. The fraction of sp³-hybridized carbons (Fsp3) is 0.0638. The highest BCUT2D eigenvalue weighted by Crippen LogP contribution is 2.52. The van der Waals surface area contributed by atoms with Crippen molar-refractivity contribution in [3.05, 3.63) is 168 Å². The summed E-state index contributed by atoms with van der Waals surface area (Å²) in [4.78, 5) is 1.32. The van der Waals surface area contributed by atoms with E-state index in [1.54, 1.807) is 0 Å². The lowest BCUT2D eigenvalue weighted by atomic mass is 9.81. The van der Waals surface area contributed by atoms with Crippen molar-refractivity contribution in [2.45, 2.75) is 19.3 Å². The lowest BCUT2D eigenvalue weighted by molar-refractivity contribution is 0.661. The summed E-state index contributed by atoms with van der Waals surface area (Å²) in [5, 5.41) is 4.78. The highest BCUT2D eigenvalue weighted by molar-refractivity contribution is 7.28. The van der Waals surface area contributed by atoms with E-state index < -0.39 is 0 Å². The van der Waals surface area contributed by atoms with E-state index in [0.29, 0.717) is 0 Å². The number of hydrogen-bond acceptors (Lipinski definition) is 2. The van der Waals surface area contributed by atoms with Crippen molar-refractivity contribution >= 4 is 64.9 Å². The Balaban J connectivity index is 1.00. The predicted octanol–water partition coefficient (Wildman–Crippen LogP) is 13.6. The normalized spacial score (nSPS) is 13.5. The average molecular weight is 689 g/mol. The maximum Gasteiger partial charge on any atom is 0.0711 e. The standard InChI is InChI=1S/C47H32N2S2/c1-47(2)38-26-30(29-19-22-41-37(25-29)36-15-9-10-16-40(36)48(41)32-11-5-3-6-12-32)17-20-34(38)35-21-18-31(27-39(35)47)44-28-43-46(51-44)45-42(23-24-50-45)49(43)33-13-7-4-8-14-33/h3-28H,1-2H3. The van der Waals surface area contributed by atoms with Gasteiger partial charge in [0.15, 0.2) is 0 Å². The van der Waals surface area contributed by atoms with Gasteiger partial charge in [-0.25, -0.2) is 0 Å². The molecule has 1 aliphatic carbocycles. The predicted molar refractivity (Wildman–Crippen MR) is 219 cm³/mol. The fourth-order valence-corrected chi connectivity index (χ4v) is 10.7. The first-order chi connectivity index (χ1) is 25.0. The minimum Gasteiger partial charge on any atom is -0.309 e. The molecule has 0 atom stereocenters. The third-order valence-electron chi connectivity index (χ3n) is 11.0. The molecule has 6 aromatic carbocycles. The maximum atomic E-state index is 2.46. The zero-order valence-corrected chi connectivity index (χ0v) is 29.9. The minimum absolute atomic E-state index is 0.124. The summed E-state index contributed by atoms with van der Waals surface area (Å²) >= 11 is 3.76. The number of hydrogen-bond donors (Lipinski definition) is 0. The molecule has 4 heteroatoms. The molecule has 4 aromatic heterocycles. The molecule has 0 N–H and O–H groups in total. The summed E-state index contributed by atoms with van der Waals surface area (Å²) in [6, 6.07) is 56.1. The molecular formula is C47H32N2S2. The molecule has 2 nitrogen and oxygen atoms in total. The molecule has 4 heterocycles. The van der Waals surface area contributed by atoms with Gasteiger partial charge in [0, 0.05) is 32.4 Å². The van der Waals surface area contributed by atoms with E-state index in [1.807, 2.05) is 22.7 Å². The van der Waals surface area contributed by atoms with Gasteiger partial charge in [0.05, 0.1) is 31.5 Å². The van der Waals surface area contributed by atoms with Gasteiger partial charge < -0.3 is 9.13 Å². The quantitative estimate of drug-likeness (QED) is 0.174. The van der Waals surface area contributed by atoms with Crippen LogP contribution in [0.2, 0.25) is 0 Å². The Kier molecular flexibility index (Phi) is 6.08. The Bertz CT molecular complexity index is 2990. The highest BCUT2D eigenvalue weighted by Gasteiger charge is 2.36. The van der Waals surface area contributed by atoms with Gasteiger partial charge in [-0.15, -0.1) is 22.7 Å². The molecule has 0 spiro atoms.